The van der Waals surface area contributed by atoms with E-state index < -0.39 is 0 Å². The van der Waals surface area contributed by atoms with Crippen molar-refractivity contribution in [3.63, 3.8) is 0 Å². The van der Waals surface area contributed by atoms with Gasteiger partial charge in [0.05, 0.1) is 32.2 Å². The van der Waals surface area contributed by atoms with Crippen LogP contribution < -0.4 is 24.6 Å². The van der Waals surface area contributed by atoms with Gasteiger partial charge in [0.1, 0.15) is 0 Å². The van der Waals surface area contributed by atoms with Crippen LogP contribution >= 0.6 is 11.6 Å². The molecule has 2 N–H and O–H groups in total. The second kappa shape index (κ2) is 8.29. The summed E-state index contributed by atoms with van der Waals surface area (Å²) in [6.45, 7) is 6.42. The number of rotatable bonds is 5. The van der Waals surface area contributed by atoms with Crippen LogP contribution in [0.5, 0.6) is 11.5 Å². The Balaban J connectivity index is 1.26. The summed E-state index contributed by atoms with van der Waals surface area (Å²) in [6, 6.07) is 13.6. The number of anilines is 1. The van der Waals surface area contributed by atoms with Gasteiger partial charge in [-0.05, 0) is 42.8 Å². The third kappa shape index (κ3) is 4.34. The Morgan fingerprint density at radius 2 is 1.96 bits per heavy atom. The molecule has 1 fully saturated rings. The normalized spacial score (nSPS) is 17.4. The van der Waals surface area contributed by atoms with Crippen molar-refractivity contribution in [1.82, 2.24) is 5.32 Å². The van der Waals surface area contributed by atoms with Gasteiger partial charge in [0.25, 0.3) is 5.91 Å². The molecule has 2 aromatic carbocycles. The quantitative estimate of drug-likeness (QED) is 0.798. The van der Waals surface area contributed by atoms with Crippen LogP contribution in [0, 0.1) is 0 Å². The molecule has 148 valence electrons. The Labute approximate surface area is 170 Å². The maximum absolute atomic E-state index is 12.5. The van der Waals surface area contributed by atoms with Gasteiger partial charge in [-0.2, -0.15) is 0 Å². The van der Waals surface area contributed by atoms with E-state index in [4.69, 9.17) is 21.1 Å². The van der Waals surface area contributed by atoms with Crippen LogP contribution in [0.25, 0.3) is 0 Å². The summed E-state index contributed by atoms with van der Waals surface area (Å²) in [5, 5.41) is 3.85. The summed E-state index contributed by atoms with van der Waals surface area (Å²) in [7, 11) is 0. The van der Waals surface area contributed by atoms with Gasteiger partial charge in [0.2, 0.25) is 6.79 Å². The van der Waals surface area contributed by atoms with Gasteiger partial charge in [-0.25, -0.2) is 0 Å². The Morgan fingerprint density at radius 3 is 2.75 bits per heavy atom. The highest BCUT2D eigenvalue weighted by molar-refractivity contribution is 6.30. The van der Waals surface area contributed by atoms with E-state index in [0.717, 1.165) is 54.0 Å². The molecule has 0 spiro atoms. The fourth-order valence-corrected chi connectivity index (χ4v) is 3.90. The van der Waals surface area contributed by atoms with Crippen molar-refractivity contribution in [2.45, 2.75) is 13.0 Å². The number of benzene rings is 2. The number of amides is 1. The van der Waals surface area contributed by atoms with E-state index in [0.29, 0.717) is 6.54 Å². The minimum atomic E-state index is -0.0749. The molecule has 1 atom stereocenters. The van der Waals surface area contributed by atoms with Crippen LogP contribution in [0.4, 0.5) is 5.69 Å². The lowest BCUT2D eigenvalue weighted by atomic mass is 10.1. The van der Waals surface area contributed by atoms with Crippen molar-refractivity contribution in [3.05, 3.63) is 53.1 Å². The van der Waals surface area contributed by atoms with E-state index in [1.807, 2.05) is 43.3 Å². The summed E-state index contributed by atoms with van der Waals surface area (Å²) >= 11 is 6.09. The molecule has 0 aliphatic carbocycles. The molecule has 4 rings (SSSR count). The minimum absolute atomic E-state index is 0.0661. The van der Waals surface area contributed by atoms with Crippen molar-refractivity contribution in [1.29, 1.82) is 0 Å². The highest BCUT2D eigenvalue weighted by Gasteiger charge is 2.23. The lowest BCUT2D eigenvalue weighted by Gasteiger charge is -2.33. The lowest BCUT2D eigenvalue weighted by molar-refractivity contribution is -0.892. The molecular weight excluding hydrogens is 378 g/mol. The molecule has 6 nitrogen and oxygen atoms in total. The number of carbonyl (C=O) groups excluding carboxylic acids is 1. The Bertz CT molecular complexity index is 853. The molecule has 2 aromatic rings. The Hall–Kier alpha value is -2.44. The standard InChI is InChI=1S/C21H24ClN3O3/c1-15(16-5-6-19-20(11-16)28-14-27-19)23-21(26)13-24-7-9-25(10-8-24)18-4-2-3-17(22)12-18/h2-6,11-12,15H,7-10,13-14H2,1H3,(H,23,26)/p+1/t15-/m0/s1. The monoisotopic (exact) mass is 402 g/mol. The molecule has 2 aliphatic rings. The second-order valence-electron chi connectivity index (χ2n) is 7.30. The van der Waals surface area contributed by atoms with Gasteiger partial charge in [0, 0.05) is 10.7 Å². The molecule has 0 radical (unpaired) electrons. The minimum Gasteiger partial charge on any atom is -0.454 e. The first-order chi connectivity index (χ1) is 13.6. The van der Waals surface area contributed by atoms with Crippen molar-refractivity contribution in [2.24, 2.45) is 0 Å². The molecule has 0 unspecified atom stereocenters. The SMILES string of the molecule is C[C@H](NC(=O)C[NH+]1CCN(c2cccc(Cl)c2)CC1)c1ccc2c(c1)OCO2. The predicted molar refractivity (Wildman–Crippen MR) is 108 cm³/mol. The molecule has 28 heavy (non-hydrogen) atoms. The molecule has 0 saturated carbocycles. The fraction of sp³-hybridized carbons (Fsp3) is 0.381. The first-order valence-corrected chi connectivity index (χ1v) is 9.99. The van der Waals surface area contributed by atoms with E-state index in [9.17, 15) is 4.79 Å². The van der Waals surface area contributed by atoms with E-state index in [2.05, 4.69) is 16.3 Å². The first kappa shape index (κ1) is 18.9. The molecule has 0 aromatic heterocycles. The van der Waals surface area contributed by atoms with E-state index in [1.54, 1.807) is 0 Å². The molecule has 1 saturated heterocycles. The number of nitrogens with one attached hydrogen (secondary N) is 2. The van der Waals surface area contributed by atoms with E-state index in [-0.39, 0.29) is 18.7 Å². The molecule has 0 bridgehead atoms. The van der Waals surface area contributed by atoms with Crippen LogP contribution in [0.1, 0.15) is 18.5 Å². The maximum atomic E-state index is 12.5. The number of quaternary nitrogens is 1. The molecule has 2 heterocycles. The lowest BCUT2D eigenvalue weighted by Crippen LogP contribution is -3.15. The number of fused-ring (bicyclic) bond motifs is 1. The van der Waals surface area contributed by atoms with Gasteiger partial charge < -0.3 is 24.6 Å². The van der Waals surface area contributed by atoms with Crippen LogP contribution in [-0.4, -0.2) is 45.4 Å². The number of hydrogen-bond donors (Lipinski definition) is 2. The summed E-state index contributed by atoms with van der Waals surface area (Å²) < 4.78 is 10.8. The number of piperazine rings is 1. The number of hydrogen-bond acceptors (Lipinski definition) is 4. The second-order valence-corrected chi connectivity index (χ2v) is 7.73. The number of ether oxygens (including phenoxy) is 2. The maximum Gasteiger partial charge on any atom is 0.275 e. The zero-order chi connectivity index (χ0) is 19.5. The Kier molecular flexibility index (Phi) is 5.59. The molecule has 2 aliphatic heterocycles. The highest BCUT2D eigenvalue weighted by Crippen LogP contribution is 2.34. The van der Waals surface area contributed by atoms with Gasteiger partial charge >= 0.3 is 0 Å². The van der Waals surface area contributed by atoms with Crippen molar-refractivity contribution in [2.75, 3.05) is 44.4 Å². The van der Waals surface area contributed by atoms with Gasteiger partial charge in [0.15, 0.2) is 18.0 Å². The summed E-state index contributed by atoms with van der Waals surface area (Å²) in [5.74, 6) is 1.56. The number of carbonyl (C=O) groups is 1. The van der Waals surface area contributed by atoms with Crippen LogP contribution in [0.15, 0.2) is 42.5 Å². The van der Waals surface area contributed by atoms with Crippen LogP contribution in [-0.2, 0) is 4.79 Å². The largest absolute Gasteiger partial charge is 0.454 e. The van der Waals surface area contributed by atoms with Crippen LogP contribution in [0.2, 0.25) is 5.02 Å². The first-order valence-electron chi connectivity index (χ1n) is 9.61. The summed E-state index contributed by atoms with van der Waals surface area (Å²) in [5.41, 5.74) is 2.16. The average Bonchev–Trinajstić information content (AvgIpc) is 3.16. The number of nitrogens with zero attached hydrogens (tertiary/aromatic N) is 1. The third-order valence-corrected chi connectivity index (χ3v) is 5.56. The van der Waals surface area contributed by atoms with Crippen LogP contribution in [0.3, 0.4) is 0 Å². The summed E-state index contributed by atoms with van der Waals surface area (Å²) in [4.78, 5) is 16.1. The zero-order valence-electron chi connectivity index (χ0n) is 15.9. The Morgan fingerprint density at radius 1 is 1.18 bits per heavy atom. The van der Waals surface area contributed by atoms with Gasteiger partial charge in [-0.15, -0.1) is 0 Å². The smallest absolute Gasteiger partial charge is 0.275 e. The van der Waals surface area contributed by atoms with E-state index >= 15 is 0 Å². The zero-order valence-corrected chi connectivity index (χ0v) is 16.7. The number of halogens is 1. The average molecular weight is 403 g/mol. The molecule has 7 heteroatoms. The van der Waals surface area contributed by atoms with Gasteiger partial charge in [-0.3, -0.25) is 4.79 Å². The third-order valence-electron chi connectivity index (χ3n) is 5.33. The summed E-state index contributed by atoms with van der Waals surface area (Å²) in [6.07, 6.45) is 0. The van der Waals surface area contributed by atoms with Crippen molar-refractivity contribution < 1.29 is 19.2 Å². The van der Waals surface area contributed by atoms with Gasteiger partial charge in [-0.1, -0.05) is 23.7 Å². The topological polar surface area (TPSA) is 55.2 Å². The molecule has 1 amide bonds. The fourth-order valence-electron chi connectivity index (χ4n) is 3.72. The predicted octanol–water partition coefficient (Wildman–Crippen LogP) is 1.65. The highest BCUT2D eigenvalue weighted by atomic mass is 35.5. The van der Waals surface area contributed by atoms with Crippen molar-refractivity contribution in [3.8, 4) is 11.5 Å². The molecular formula is C21H25ClN3O3+. The van der Waals surface area contributed by atoms with Crippen molar-refractivity contribution >= 4 is 23.2 Å². The van der Waals surface area contributed by atoms with E-state index in [1.165, 1.54) is 4.90 Å².